The minimum atomic E-state index is -0.218. The molecule has 2 aromatic heterocycles. The maximum atomic E-state index is 13.4. The molecule has 0 radical (unpaired) electrons. The molecule has 138 valence electrons. The lowest BCUT2D eigenvalue weighted by Crippen LogP contribution is -2.38. The molecule has 0 saturated carbocycles. The molecule has 0 spiro atoms. The number of aliphatic imine (C=N–C) groups is 1. The van der Waals surface area contributed by atoms with Crippen LogP contribution >= 0.6 is 24.0 Å². The summed E-state index contributed by atoms with van der Waals surface area (Å²) in [4.78, 5) is 11.8. The van der Waals surface area contributed by atoms with Crippen LogP contribution in [0.25, 0.3) is 10.9 Å². The van der Waals surface area contributed by atoms with E-state index in [0.29, 0.717) is 19.0 Å². The molecule has 26 heavy (non-hydrogen) atoms. The van der Waals surface area contributed by atoms with Crippen LogP contribution in [0.5, 0.6) is 0 Å². The number of fused-ring (bicyclic) bond motifs is 1. The normalized spacial score (nSPS) is 11.3. The standard InChI is InChI=1S/C19H22FN5.HI/c1-13-4-3-5-16(25-13)12-24-19(21-2)22-9-8-14-11-23-18-7-6-15(20)10-17(14)18;/h3-7,10-11,23H,8-9,12H2,1-2H3,(H2,21,22,24);1H. The molecule has 0 fully saturated rings. The number of rotatable bonds is 5. The van der Waals surface area contributed by atoms with Crippen molar-refractivity contribution in [1.29, 1.82) is 0 Å². The molecule has 1 aromatic carbocycles. The fraction of sp³-hybridized carbons (Fsp3) is 0.263. The van der Waals surface area contributed by atoms with E-state index in [-0.39, 0.29) is 29.8 Å². The van der Waals surface area contributed by atoms with Gasteiger partial charge in [0.05, 0.1) is 12.2 Å². The fourth-order valence-corrected chi connectivity index (χ4v) is 2.77. The second-order valence-corrected chi connectivity index (χ2v) is 5.88. The van der Waals surface area contributed by atoms with Gasteiger partial charge in [0.1, 0.15) is 5.82 Å². The summed E-state index contributed by atoms with van der Waals surface area (Å²) in [7, 11) is 1.74. The maximum Gasteiger partial charge on any atom is 0.191 e. The zero-order valence-electron chi connectivity index (χ0n) is 14.8. The molecule has 0 aliphatic rings. The predicted molar refractivity (Wildman–Crippen MR) is 115 cm³/mol. The first-order chi connectivity index (χ1) is 12.2. The van der Waals surface area contributed by atoms with Gasteiger partial charge in [-0.05, 0) is 49.2 Å². The molecule has 0 aliphatic heterocycles. The number of H-pyrrole nitrogens is 1. The molecule has 3 aromatic rings. The van der Waals surface area contributed by atoms with Crippen molar-refractivity contribution < 1.29 is 4.39 Å². The summed E-state index contributed by atoms with van der Waals surface area (Å²) in [6, 6.07) is 10.7. The molecule has 7 heteroatoms. The number of nitrogens with one attached hydrogen (secondary N) is 3. The Morgan fingerprint density at radius 1 is 1.23 bits per heavy atom. The van der Waals surface area contributed by atoms with Crippen molar-refractivity contribution in [1.82, 2.24) is 20.6 Å². The highest BCUT2D eigenvalue weighted by Gasteiger charge is 2.05. The van der Waals surface area contributed by atoms with E-state index in [0.717, 1.165) is 34.3 Å². The molecule has 0 atom stereocenters. The number of aryl methyl sites for hydroxylation is 1. The first-order valence-electron chi connectivity index (χ1n) is 8.28. The second kappa shape index (κ2) is 9.51. The summed E-state index contributed by atoms with van der Waals surface area (Å²) in [5.41, 5.74) is 3.99. The van der Waals surface area contributed by atoms with Crippen LogP contribution < -0.4 is 10.6 Å². The van der Waals surface area contributed by atoms with Crippen LogP contribution in [-0.2, 0) is 13.0 Å². The van der Waals surface area contributed by atoms with Crippen molar-refractivity contribution in [3.05, 3.63) is 65.4 Å². The van der Waals surface area contributed by atoms with Crippen LogP contribution in [0, 0.1) is 12.7 Å². The number of guanidine groups is 1. The largest absolute Gasteiger partial charge is 0.361 e. The zero-order valence-corrected chi connectivity index (χ0v) is 17.2. The molecular formula is C19H23FIN5. The van der Waals surface area contributed by atoms with E-state index in [1.54, 1.807) is 19.2 Å². The van der Waals surface area contributed by atoms with Gasteiger partial charge in [-0.3, -0.25) is 9.98 Å². The number of aromatic amines is 1. The molecule has 5 nitrogen and oxygen atoms in total. The smallest absolute Gasteiger partial charge is 0.191 e. The average Bonchev–Trinajstić information content (AvgIpc) is 3.00. The van der Waals surface area contributed by atoms with Gasteiger partial charge in [-0.1, -0.05) is 6.07 Å². The van der Waals surface area contributed by atoms with Gasteiger partial charge in [0, 0.05) is 36.4 Å². The van der Waals surface area contributed by atoms with Crippen molar-refractivity contribution in [2.24, 2.45) is 4.99 Å². The van der Waals surface area contributed by atoms with Crippen LogP contribution in [0.3, 0.4) is 0 Å². The van der Waals surface area contributed by atoms with Crippen LogP contribution in [0.4, 0.5) is 4.39 Å². The van der Waals surface area contributed by atoms with Gasteiger partial charge in [-0.25, -0.2) is 4.39 Å². The van der Waals surface area contributed by atoms with Crippen molar-refractivity contribution in [2.75, 3.05) is 13.6 Å². The van der Waals surface area contributed by atoms with Gasteiger partial charge in [-0.2, -0.15) is 0 Å². The summed E-state index contributed by atoms with van der Waals surface area (Å²) in [6.45, 7) is 3.28. The van der Waals surface area contributed by atoms with Gasteiger partial charge < -0.3 is 15.6 Å². The summed E-state index contributed by atoms with van der Waals surface area (Å²) < 4.78 is 13.4. The molecular weight excluding hydrogens is 444 g/mol. The zero-order chi connectivity index (χ0) is 17.6. The van der Waals surface area contributed by atoms with Crippen molar-refractivity contribution >= 4 is 40.8 Å². The Morgan fingerprint density at radius 2 is 2.08 bits per heavy atom. The lowest BCUT2D eigenvalue weighted by atomic mass is 10.1. The van der Waals surface area contributed by atoms with E-state index in [1.807, 2.05) is 31.3 Å². The van der Waals surface area contributed by atoms with E-state index in [1.165, 1.54) is 6.07 Å². The lowest BCUT2D eigenvalue weighted by molar-refractivity contribution is 0.629. The van der Waals surface area contributed by atoms with E-state index in [2.05, 4.69) is 25.6 Å². The Hall–Kier alpha value is -2.16. The van der Waals surface area contributed by atoms with Crippen molar-refractivity contribution in [3.63, 3.8) is 0 Å². The first-order valence-corrected chi connectivity index (χ1v) is 8.28. The molecule has 0 saturated heterocycles. The number of pyridine rings is 1. The predicted octanol–water partition coefficient (Wildman–Crippen LogP) is 3.54. The number of hydrogen-bond donors (Lipinski definition) is 3. The summed E-state index contributed by atoms with van der Waals surface area (Å²) >= 11 is 0. The SMILES string of the molecule is CN=C(NCCc1c[nH]c2ccc(F)cc12)NCc1cccc(C)n1.I. The number of aromatic nitrogens is 2. The maximum absolute atomic E-state index is 13.4. The monoisotopic (exact) mass is 467 g/mol. The molecule has 3 N–H and O–H groups in total. The van der Waals surface area contributed by atoms with Gasteiger partial charge in [0.2, 0.25) is 0 Å². The Morgan fingerprint density at radius 3 is 2.85 bits per heavy atom. The Balaban J connectivity index is 0.00000243. The number of halogens is 2. The van der Waals surface area contributed by atoms with Gasteiger partial charge in [0.15, 0.2) is 5.96 Å². The van der Waals surface area contributed by atoms with Crippen LogP contribution in [-0.4, -0.2) is 29.5 Å². The number of hydrogen-bond acceptors (Lipinski definition) is 2. The highest BCUT2D eigenvalue weighted by Crippen LogP contribution is 2.19. The molecule has 3 rings (SSSR count). The lowest BCUT2D eigenvalue weighted by Gasteiger charge is -2.11. The van der Waals surface area contributed by atoms with Crippen LogP contribution in [0.2, 0.25) is 0 Å². The first kappa shape index (κ1) is 20.2. The van der Waals surface area contributed by atoms with E-state index in [4.69, 9.17) is 0 Å². The Bertz CT molecular complexity index is 891. The minimum absolute atomic E-state index is 0. The Labute approximate surface area is 169 Å². The number of nitrogens with zero attached hydrogens (tertiary/aromatic N) is 2. The quantitative estimate of drug-likeness (QED) is 0.306. The molecule has 0 bridgehead atoms. The summed E-state index contributed by atoms with van der Waals surface area (Å²) in [5, 5.41) is 7.45. The molecule has 0 unspecified atom stereocenters. The topological polar surface area (TPSA) is 65.1 Å². The molecule has 0 aliphatic carbocycles. The van der Waals surface area contributed by atoms with E-state index < -0.39 is 0 Å². The highest BCUT2D eigenvalue weighted by molar-refractivity contribution is 14.0. The fourth-order valence-electron chi connectivity index (χ4n) is 2.77. The summed E-state index contributed by atoms with van der Waals surface area (Å²) in [6.07, 6.45) is 2.70. The van der Waals surface area contributed by atoms with Crippen molar-refractivity contribution in [3.8, 4) is 0 Å². The summed E-state index contributed by atoms with van der Waals surface area (Å²) in [5.74, 6) is 0.499. The third kappa shape index (κ3) is 5.17. The number of benzene rings is 1. The van der Waals surface area contributed by atoms with Crippen molar-refractivity contribution in [2.45, 2.75) is 19.9 Å². The average molecular weight is 467 g/mol. The van der Waals surface area contributed by atoms with Gasteiger partial charge in [0.25, 0.3) is 0 Å². The molecule has 2 heterocycles. The van der Waals surface area contributed by atoms with Crippen LogP contribution in [0.15, 0.2) is 47.6 Å². The third-order valence-electron chi connectivity index (χ3n) is 4.02. The van der Waals surface area contributed by atoms with E-state index >= 15 is 0 Å². The highest BCUT2D eigenvalue weighted by atomic mass is 127. The third-order valence-corrected chi connectivity index (χ3v) is 4.02. The Kier molecular flexibility index (Phi) is 7.38. The van der Waals surface area contributed by atoms with Crippen LogP contribution in [0.1, 0.15) is 17.0 Å². The van der Waals surface area contributed by atoms with Gasteiger partial charge >= 0.3 is 0 Å². The second-order valence-electron chi connectivity index (χ2n) is 5.88. The minimum Gasteiger partial charge on any atom is -0.361 e. The van der Waals surface area contributed by atoms with E-state index in [9.17, 15) is 4.39 Å². The van der Waals surface area contributed by atoms with Gasteiger partial charge in [-0.15, -0.1) is 24.0 Å². The molecule has 0 amide bonds.